The molecule has 5 rings (SSSR count). The first-order chi connectivity index (χ1) is 17.3. The van der Waals surface area contributed by atoms with E-state index < -0.39 is 5.76 Å². The Morgan fingerprint density at radius 2 is 2.00 bits per heavy atom. The second-order valence-corrected chi connectivity index (χ2v) is 11.2. The molecule has 0 bridgehead atoms. The molecule has 3 aromatic rings. The Hall–Kier alpha value is -3.23. The summed E-state index contributed by atoms with van der Waals surface area (Å²) in [6.07, 6.45) is 6.30. The van der Waals surface area contributed by atoms with Crippen molar-refractivity contribution < 1.29 is 9.32 Å². The maximum atomic E-state index is 13.2. The Morgan fingerprint density at radius 1 is 1.22 bits per heavy atom. The standard InChI is InChI=1S/C27H36N6O3/c1-15(2)9-18-11-19(12-18)25-30-31-26(33(25)21-6-7-21)20(13-23-29-27(35)36-32-23)14-24(34)28-22-8-5-16(3)10-17(22)4/h5,8,10,15,18-21H,6-7,9,11-14H2,1-4H3,(H,28,34)(H,29,32,35)/t18-,19+,20?. The lowest BCUT2D eigenvalue weighted by atomic mass is 9.71. The molecule has 1 aromatic carbocycles. The van der Waals surface area contributed by atoms with Crippen molar-refractivity contribution in [1.29, 1.82) is 0 Å². The van der Waals surface area contributed by atoms with Crippen LogP contribution in [0.5, 0.6) is 0 Å². The highest BCUT2D eigenvalue weighted by Crippen LogP contribution is 2.48. The number of carbonyl (C=O) groups is 1. The molecule has 2 heterocycles. The van der Waals surface area contributed by atoms with Gasteiger partial charge < -0.3 is 14.4 Å². The zero-order valence-corrected chi connectivity index (χ0v) is 21.6. The summed E-state index contributed by atoms with van der Waals surface area (Å²) in [6.45, 7) is 8.57. The molecule has 0 aliphatic heterocycles. The number of nitrogens with zero attached hydrogens (tertiary/aromatic N) is 4. The SMILES string of the molecule is Cc1ccc(NC(=O)CC(Cc2nc(=O)o[nH]2)c2nnc([C@H]3C[C@@H](CC(C)C)C3)n2C2CC2)c(C)c1. The van der Waals surface area contributed by atoms with Crippen LogP contribution in [0.2, 0.25) is 0 Å². The molecule has 9 nitrogen and oxygen atoms in total. The monoisotopic (exact) mass is 492 g/mol. The van der Waals surface area contributed by atoms with Crippen LogP contribution < -0.4 is 11.1 Å². The average molecular weight is 493 g/mol. The van der Waals surface area contributed by atoms with Crippen LogP contribution in [-0.4, -0.2) is 30.8 Å². The summed E-state index contributed by atoms with van der Waals surface area (Å²) in [5, 5.41) is 15.0. The van der Waals surface area contributed by atoms with E-state index in [-0.39, 0.29) is 18.2 Å². The number of hydrogen-bond acceptors (Lipinski definition) is 6. The van der Waals surface area contributed by atoms with Crippen molar-refractivity contribution >= 4 is 11.6 Å². The van der Waals surface area contributed by atoms with E-state index in [4.69, 9.17) is 4.52 Å². The zero-order valence-electron chi connectivity index (χ0n) is 21.6. The van der Waals surface area contributed by atoms with Crippen LogP contribution in [0, 0.1) is 25.7 Å². The molecule has 2 fully saturated rings. The molecule has 2 N–H and O–H groups in total. The number of H-pyrrole nitrogens is 1. The molecule has 2 aromatic heterocycles. The summed E-state index contributed by atoms with van der Waals surface area (Å²) in [4.78, 5) is 28.7. The minimum Gasteiger partial charge on any atom is -0.326 e. The van der Waals surface area contributed by atoms with E-state index in [2.05, 4.69) is 44.1 Å². The first kappa shape index (κ1) is 24.5. The number of carbonyl (C=O) groups excluding carboxylic acids is 1. The van der Waals surface area contributed by atoms with E-state index in [0.29, 0.717) is 30.1 Å². The number of benzene rings is 1. The van der Waals surface area contributed by atoms with Gasteiger partial charge >= 0.3 is 5.76 Å². The van der Waals surface area contributed by atoms with Gasteiger partial charge in [-0.15, -0.1) is 10.2 Å². The van der Waals surface area contributed by atoms with Crippen LogP contribution in [0.4, 0.5) is 5.69 Å². The molecule has 192 valence electrons. The molecule has 2 aliphatic carbocycles. The minimum atomic E-state index is -0.668. The van der Waals surface area contributed by atoms with Crippen LogP contribution in [0.1, 0.15) is 98.9 Å². The Kier molecular flexibility index (Phi) is 6.81. The lowest BCUT2D eigenvalue weighted by Crippen LogP contribution is -2.27. The van der Waals surface area contributed by atoms with Gasteiger partial charge in [-0.25, -0.2) is 9.95 Å². The fraction of sp³-hybridized carbons (Fsp3) is 0.593. The molecular weight excluding hydrogens is 456 g/mol. The summed E-state index contributed by atoms with van der Waals surface area (Å²) >= 11 is 0. The van der Waals surface area contributed by atoms with E-state index in [1.54, 1.807) is 0 Å². The molecule has 0 spiro atoms. The van der Waals surface area contributed by atoms with E-state index in [1.807, 2.05) is 32.0 Å². The predicted octanol–water partition coefficient (Wildman–Crippen LogP) is 4.80. The number of anilines is 1. The number of nitrogens with one attached hydrogen (secondary N) is 2. The third kappa shape index (κ3) is 5.44. The number of aromatic nitrogens is 5. The maximum absolute atomic E-state index is 13.2. The molecule has 36 heavy (non-hydrogen) atoms. The fourth-order valence-corrected chi connectivity index (χ4v) is 5.60. The smallest absolute Gasteiger partial charge is 0.326 e. The molecule has 2 aliphatic rings. The van der Waals surface area contributed by atoms with Crippen LogP contribution in [0.15, 0.2) is 27.5 Å². The lowest BCUT2D eigenvalue weighted by molar-refractivity contribution is -0.116. The summed E-state index contributed by atoms with van der Waals surface area (Å²) in [7, 11) is 0. The lowest BCUT2D eigenvalue weighted by Gasteiger charge is -2.36. The van der Waals surface area contributed by atoms with Gasteiger partial charge in [-0.2, -0.15) is 4.98 Å². The van der Waals surface area contributed by atoms with Gasteiger partial charge in [0.15, 0.2) is 0 Å². The highest BCUT2D eigenvalue weighted by Gasteiger charge is 2.39. The largest absolute Gasteiger partial charge is 0.459 e. The van der Waals surface area contributed by atoms with E-state index >= 15 is 0 Å². The Bertz CT molecular complexity index is 1280. The number of rotatable bonds is 10. The van der Waals surface area contributed by atoms with Gasteiger partial charge in [0.1, 0.15) is 17.5 Å². The van der Waals surface area contributed by atoms with Crippen LogP contribution in [-0.2, 0) is 11.2 Å². The van der Waals surface area contributed by atoms with Crippen molar-refractivity contribution in [2.45, 2.75) is 90.5 Å². The molecule has 0 radical (unpaired) electrons. The predicted molar refractivity (Wildman–Crippen MR) is 136 cm³/mol. The van der Waals surface area contributed by atoms with Crippen LogP contribution >= 0.6 is 0 Å². The number of amides is 1. The first-order valence-electron chi connectivity index (χ1n) is 13.1. The van der Waals surface area contributed by atoms with Gasteiger partial charge in [0.25, 0.3) is 0 Å². The number of hydrogen-bond donors (Lipinski definition) is 2. The summed E-state index contributed by atoms with van der Waals surface area (Å²) in [6, 6.07) is 6.35. The third-order valence-electron chi connectivity index (χ3n) is 7.44. The van der Waals surface area contributed by atoms with E-state index in [1.165, 1.54) is 6.42 Å². The zero-order chi connectivity index (χ0) is 25.4. The Labute approximate surface area is 211 Å². The van der Waals surface area contributed by atoms with E-state index in [9.17, 15) is 9.59 Å². The fourth-order valence-electron chi connectivity index (χ4n) is 5.60. The highest BCUT2D eigenvalue weighted by atomic mass is 16.5. The number of aromatic amines is 1. The Balaban J connectivity index is 1.39. The first-order valence-corrected chi connectivity index (χ1v) is 13.1. The van der Waals surface area contributed by atoms with Crippen molar-refractivity contribution in [1.82, 2.24) is 24.9 Å². The quantitative estimate of drug-likeness (QED) is 0.420. The summed E-state index contributed by atoms with van der Waals surface area (Å²) < 4.78 is 7.09. The highest BCUT2D eigenvalue weighted by molar-refractivity contribution is 5.92. The van der Waals surface area contributed by atoms with Gasteiger partial charge in [0, 0.05) is 36.4 Å². The van der Waals surface area contributed by atoms with Crippen molar-refractivity contribution in [3.05, 3.63) is 57.3 Å². The van der Waals surface area contributed by atoms with Gasteiger partial charge in [0.2, 0.25) is 5.91 Å². The van der Waals surface area contributed by atoms with Crippen molar-refractivity contribution in [3.8, 4) is 0 Å². The minimum absolute atomic E-state index is 0.106. The van der Waals surface area contributed by atoms with Crippen molar-refractivity contribution in [2.24, 2.45) is 11.8 Å². The average Bonchev–Trinajstić information content (AvgIpc) is 3.40. The Morgan fingerprint density at radius 3 is 2.64 bits per heavy atom. The molecular formula is C27H36N6O3. The molecule has 1 amide bonds. The van der Waals surface area contributed by atoms with Gasteiger partial charge in [-0.3, -0.25) is 4.79 Å². The summed E-state index contributed by atoms with van der Waals surface area (Å²) in [5.41, 5.74) is 2.97. The van der Waals surface area contributed by atoms with Crippen LogP contribution in [0.3, 0.4) is 0 Å². The molecule has 2 saturated carbocycles. The second-order valence-electron chi connectivity index (χ2n) is 11.2. The molecule has 1 atom stereocenters. The topological polar surface area (TPSA) is 119 Å². The second kappa shape index (κ2) is 10.0. The number of aryl methyl sites for hydroxylation is 2. The van der Waals surface area contributed by atoms with E-state index in [0.717, 1.165) is 60.1 Å². The molecule has 9 heteroatoms. The maximum Gasteiger partial charge on any atom is 0.459 e. The van der Waals surface area contributed by atoms with Crippen LogP contribution in [0.25, 0.3) is 0 Å². The van der Waals surface area contributed by atoms with Gasteiger partial charge in [-0.05, 0) is 69.4 Å². The van der Waals surface area contributed by atoms with Crippen molar-refractivity contribution in [3.63, 3.8) is 0 Å². The molecule has 0 saturated heterocycles. The third-order valence-corrected chi connectivity index (χ3v) is 7.44. The molecule has 1 unspecified atom stereocenters. The van der Waals surface area contributed by atoms with Gasteiger partial charge in [-0.1, -0.05) is 31.5 Å². The summed E-state index contributed by atoms with van der Waals surface area (Å²) in [5.74, 6) is 3.10. The van der Waals surface area contributed by atoms with Crippen molar-refractivity contribution in [2.75, 3.05) is 5.32 Å². The normalized spacial score (nSPS) is 20.4. The van der Waals surface area contributed by atoms with Gasteiger partial charge in [0.05, 0.1) is 0 Å².